The number of aromatic nitrogens is 1. The van der Waals surface area contributed by atoms with Crippen LogP contribution in [0.25, 0.3) is 22.4 Å². The molecule has 1 heterocycles. The van der Waals surface area contributed by atoms with E-state index in [1.54, 1.807) is 0 Å². The number of aryl methyl sites for hydroxylation is 1. The largest absolute Gasteiger partial charge is 0.325 e. The maximum Gasteiger partial charge on any atom is 0.264 e. The summed E-state index contributed by atoms with van der Waals surface area (Å²) in [5.41, 5.74) is 5.03. The summed E-state index contributed by atoms with van der Waals surface area (Å²) < 4.78 is 26.1. The van der Waals surface area contributed by atoms with Crippen LogP contribution in [0.2, 0.25) is 0 Å². The van der Waals surface area contributed by atoms with Gasteiger partial charge in [0.2, 0.25) is 11.8 Å². The Morgan fingerprint density at radius 2 is 1.62 bits per heavy atom. The van der Waals surface area contributed by atoms with Gasteiger partial charge >= 0.3 is 0 Å². The zero-order valence-electron chi connectivity index (χ0n) is 21.1. The summed E-state index contributed by atoms with van der Waals surface area (Å²) in [4.78, 5) is 28.5. The molecule has 0 aliphatic heterocycles. The number of carbonyl (C=O) groups excluding carboxylic acids is 2. The van der Waals surface area contributed by atoms with E-state index in [9.17, 15) is 23.3 Å². The lowest BCUT2D eigenvalue weighted by atomic mass is 9.98. The van der Waals surface area contributed by atoms with Gasteiger partial charge in [-0.25, -0.2) is 18.1 Å². The lowest BCUT2D eigenvalue weighted by Gasteiger charge is -2.13. The maximum absolute atomic E-state index is 12.7. The highest BCUT2D eigenvalue weighted by molar-refractivity contribution is 8.00. The van der Waals surface area contributed by atoms with Gasteiger partial charge in [0.1, 0.15) is 11.1 Å². The number of benzene rings is 3. The normalized spacial score (nSPS) is 10.9. The monoisotopic (exact) mass is 556 g/mol. The van der Waals surface area contributed by atoms with Gasteiger partial charge < -0.3 is 5.32 Å². The standard InChI is InChI=1S/C29H24N4O4S2/c1-19-8-10-21(11-9-19)25-16-27(22-6-4-3-5-7-22)32-29(26(25)17-30)38-18-28(35)31-23-12-14-24(15-13-23)39(36,37)33-20(2)34/h3-16H,18H2,1-2H3,(H,31,35)(H,33,34). The van der Waals surface area contributed by atoms with Gasteiger partial charge in [-0.05, 0) is 42.8 Å². The fraction of sp³-hybridized carbons (Fsp3) is 0.103. The van der Waals surface area contributed by atoms with Gasteiger partial charge in [0.15, 0.2) is 0 Å². The summed E-state index contributed by atoms with van der Waals surface area (Å²) in [6.07, 6.45) is 0. The molecule has 0 bridgehead atoms. The molecule has 39 heavy (non-hydrogen) atoms. The quantitative estimate of drug-likeness (QED) is 0.287. The highest BCUT2D eigenvalue weighted by Crippen LogP contribution is 2.34. The Balaban J connectivity index is 1.57. The van der Waals surface area contributed by atoms with Crippen molar-refractivity contribution in [1.82, 2.24) is 9.71 Å². The molecule has 0 atom stereocenters. The van der Waals surface area contributed by atoms with E-state index in [-0.39, 0.29) is 16.6 Å². The zero-order valence-corrected chi connectivity index (χ0v) is 22.8. The number of nitrogens with one attached hydrogen (secondary N) is 2. The van der Waals surface area contributed by atoms with Gasteiger partial charge in [-0.15, -0.1) is 0 Å². The van der Waals surface area contributed by atoms with Crippen molar-refractivity contribution in [1.29, 1.82) is 5.26 Å². The zero-order chi connectivity index (χ0) is 28.0. The second-order valence-electron chi connectivity index (χ2n) is 8.60. The van der Waals surface area contributed by atoms with Crippen molar-refractivity contribution in [2.24, 2.45) is 0 Å². The average molecular weight is 557 g/mol. The Bertz CT molecular complexity index is 1660. The van der Waals surface area contributed by atoms with Gasteiger partial charge in [-0.2, -0.15) is 5.26 Å². The predicted molar refractivity (Wildman–Crippen MR) is 151 cm³/mol. The Labute approximate surface area is 231 Å². The van der Waals surface area contributed by atoms with Crippen LogP contribution >= 0.6 is 11.8 Å². The first-order chi connectivity index (χ1) is 18.7. The van der Waals surface area contributed by atoms with Crippen molar-refractivity contribution < 1.29 is 18.0 Å². The third-order valence-electron chi connectivity index (χ3n) is 5.60. The molecule has 1 aromatic heterocycles. The number of rotatable bonds is 8. The molecule has 0 aliphatic carbocycles. The van der Waals surface area contributed by atoms with Crippen molar-refractivity contribution in [2.75, 3.05) is 11.1 Å². The van der Waals surface area contributed by atoms with E-state index in [0.29, 0.717) is 22.0 Å². The molecule has 0 radical (unpaired) electrons. The molecule has 0 saturated carbocycles. The SMILES string of the molecule is CC(=O)NS(=O)(=O)c1ccc(NC(=O)CSc2nc(-c3ccccc3)cc(-c3ccc(C)cc3)c2C#N)cc1. The first-order valence-electron chi connectivity index (χ1n) is 11.8. The highest BCUT2D eigenvalue weighted by Gasteiger charge is 2.18. The Hall–Kier alpha value is -4.46. The molecule has 196 valence electrons. The third-order valence-corrected chi connectivity index (χ3v) is 8.02. The summed E-state index contributed by atoms with van der Waals surface area (Å²) in [5.74, 6) is -1.08. The second kappa shape index (κ2) is 11.9. The molecule has 0 aliphatic rings. The van der Waals surface area contributed by atoms with E-state index in [1.165, 1.54) is 24.3 Å². The number of thioether (sulfide) groups is 1. The van der Waals surface area contributed by atoms with Crippen LogP contribution in [-0.4, -0.2) is 31.0 Å². The Morgan fingerprint density at radius 1 is 0.949 bits per heavy atom. The Morgan fingerprint density at radius 3 is 2.23 bits per heavy atom. The second-order valence-corrected chi connectivity index (χ2v) is 11.2. The molecule has 2 amide bonds. The molecule has 4 aromatic rings. The van der Waals surface area contributed by atoms with Crippen molar-refractivity contribution in [2.45, 2.75) is 23.8 Å². The minimum absolute atomic E-state index is 0.0286. The van der Waals surface area contributed by atoms with E-state index >= 15 is 0 Å². The summed E-state index contributed by atoms with van der Waals surface area (Å²) >= 11 is 1.15. The minimum Gasteiger partial charge on any atom is -0.325 e. The van der Waals surface area contributed by atoms with Crippen LogP contribution in [0.1, 0.15) is 18.1 Å². The molecule has 0 saturated heterocycles. The van der Waals surface area contributed by atoms with Gasteiger partial charge in [0, 0.05) is 23.7 Å². The van der Waals surface area contributed by atoms with Crippen molar-refractivity contribution in [3.63, 3.8) is 0 Å². The van der Waals surface area contributed by atoms with Crippen LogP contribution in [0.4, 0.5) is 5.69 Å². The summed E-state index contributed by atoms with van der Waals surface area (Å²) in [5, 5.41) is 13.2. The molecule has 10 heteroatoms. The molecule has 8 nitrogen and oxygen atoms in total. The van der Waals surface area contributed by atoms with Crippen LogP contribution in [0.5, 0.6) is 0 Å². The molecule has 2 N–H and O–H groups in total. The van der Waals surface area contributed by atoms with Gasteiger partial charge in [0.05, 0.1) is 21.9 Å². The van der Waals surface area contributed by atoms with E-state index in [4.69, 9.17) is 4.98 Å². The molecular weight excluding hydrogens is 532 g/mol. The molecule has 0 spiro atoms. The van der Waals surface area contributed by atoms with Gasteiger partial charge in [-0.3, -0.25) is 9.59 Å². The number of amides is 2. The van der Waals surface area contributed by atoms with E-state index in [2.05, 4.69) is 11.4 Å². The Kier molecular flexibility index (Phi) is 8.44. The van der Waals surface area contributed by atoms with Crippen molar-refractivity contribution in [3.8, 4) is 28.5 Å². The smallest absolute Gasteiger partial charge is 0.264 e. The van der Waals surface area contributed by atoms with Crippen LogP contribution in [0.15, 0.2) is 94.9 Å². The van der Waals surface area contributed by atoms with Gasteiger partial charge in [0.25, 0.3) is 10.0 Å². The van der Waals surface area contributed by atoms with E-state index in [1.807, 2.05) is 72.3 Å². The number of hydrogen-bond acceptors (Lipinski definition) is 7. The molecule has 4 rings (SSSR count). The van der Waals surface area contributed by atoms with E-state index in [0.717, 1.165) is 40.9 Å². The number of anilines is 1. The minimum atomic E-state index is -3.97. The topological polar surface area (TPSA) is 129 Å². The van der Waals surface area contributed by atoms with Crippen LogP contribution in [0, 0.1) is 18.3 Å². The number of carbonyl (C=O) groups is 2. The van der Waals surface area contributed by atoms with Crippen LogP contribution < -0.4 is 10.0 Å². The molecular formula is C29H24N4O4S2. The molecule has 0 unspecified atom stereocenters. The number of sulfonamides is 1. The van der Waals surface area contributed by atoms with Crippen LogP contribution in [0.3, 0.4) is 0 Å². The first-order valence-corrected chi connectivity index (χ1v) is 14.3. The first kappa shape index (κ1) is 27.6. The summed E-state index contributed by atoms with van der Waals surface area (Å²) in [6.45, 7) is 3.10. The van der Waals surface area contributed by atoms with Crippen LogP contribution in [-0.2, 0) is 19.6 Å². The molecule has 3 aromatic carbocycles. The fourth-order valence-electron chi connectivity index (χ4n) is 3.75. The number of pyridine rings is 1. The molecule has 0 fully saturated rings. The number of nitrogens with zero attached hydrogens (tertiary/aromatic N) is 2. The van der Waals surface area contributed by atoms with E-state index < -0.39 is 15.9 Å². The predicted octanol–water partition coefficient (Wildman–Crippen LogP) is 5.15. The lowest BCUT2D eigenvalue weighted by molar-refractivity contribution is -0.117. The summed E-state index contributed by atoms with van der Waals surface area (Å²) in [7, 11) is -3.97. The van der Waals surface area contributed by atoms with Crippen molar-refractivity contribution >= 4 is 39.3 Å². The van der Waals surface area contributed by atoms with Crippen molar-refractivity contribution in [3.05, 3.63) is 96.1 Å². The average Bonchev–Trinajstić information content (AvgIpc) is 2.92. The number of hydrogen-bond donors (Lipinski definition) is 2. The van der Waals surface area contributed by atoms with Gasteiger partial charge in [-0.1, -0.05) is 71.9 Å². The fourth-order valence-corrected chi connectivity index (χ4v) is 5.54. The number of nitriles is 1. The maximum atomic E-state index is 12.7. The third kappa shape index (κ3) is 6.90. The lowest BCUT2D eigenvalue weighted by Crippen LogP contribution is -2.28. The highest BCUT2D eigenvalue weighted by atomic mass is 32.2. The summed E-state index contributed by atoms with van der Waals surface area (Å²) in [6, 6.07) is 27.1.